The molecule has 1 aliphatic carbocycles. The summed E-state index contributed by atoms with van der Waals surface area (Å²) in [5.74, 6) is -0.586. The minimum absolute atomic E-state index is 0.0708. The van der Waals surface area contributed by atoms with Crippen LogP contribution in [0.1, 0.15) is 42.7 Å². The molecule has 0 spiro atoms. The van der Waals surface area contributed by atoms with Gasteiger partial charge < -0.3 is 5.73 Å². The number of nitrogens with two attached hydrogens (primary N) is 1. The quantitative estimate of drug-likeness (QED) is 0.422. The fourth-order valence-electron chi connectivity index (χ4n) is 4.01. The van der Waals surface area contributed by atoms with E-state index in [9.17, 15) is 14.4 Å². The number of carbonyl (C=O) groups excluding carboxylic acids is 2. The van der Waals surface area contributed by atoms with Crippen LogP contribution in [-0.4, -0.2) is 26.7 Å². The molecule has 0 bridgehead atoms. The molecule has 2 heterocycles. The van der Waals surface area contributed by atoms with Gasteiger partial charge in [-0.05, 0) is 42.7 Å². The van der Waals surface area contributed by atoms with Crippen molar-refractivity contribution in [2.75, 3.05) is 0 Å². The number of benzene rings is 1. The lowest BCUT2D eigenvalue weighted by atomic mass is 9.97. The van der Waals surface area contributed by atoms with Gasteiger partial charge in [0.1, 0.15) is 4.83 Å². The van der Waals surface area contributed by atoms with Gasteiger partial charge in [-0.15, -0.1) is 11.3 Å². The first-order chi connectivity index (χ1) is 15.3. The molecule has 0 fully saturated rings. The summed E-state index contributed by atoms with van der Waals surface area (Å²) in [5.41, 5.74) is 7.21. The lowest BCUT2D eigenvalue weighted by molar-refractivity contribution is -0.120. The molecule has 0 radical (unpaired) electrons. The van der Waals surface area contributed by atoms with Crippen LogP contribution in [0, 0.1) is 5.92 Å². The summed E-state index contributed by atoms with van der Waals surface area (Å²) < 4.78 is 1.66. The second kappa shape index (κ2) is 9.46. The second-order valence-corrected chi connectivity index (χ2v) is 10.5. The number of aromatic nitrogens is 2. The van der Waals surface area contributed by atoms with E-state index < -0.39 is 17.2 Å². The van der Waals surface area contributed by atoms with Crippen molar-refractivity contribution in [2.45, 2.75) is 56.5 Å². The molecule has 9 heteroatoms. The van der Waals surface area contributed by atoms with Crippen molar-refractivity contribution in [3.8, 4) is 0 Å². The number of urea groups is 1. The molecule has 0 aliphatic heterocycles. The fourth-order valence-corrected chi connectivity index (χ4v) is 6.41. The van der Waals surface area contributed by atoms with Crippen LogP contribution in [0.25, 0.3) is 10.2 Å². The van der Waals surface area contributed by atoms with Crippen LogP contribution < -0.4 is 16.6 Å². The highest BCUT2D eigenvalue weighted by atomic mass is 32.2. The number of nitrogens with one attached hydrogen (secondary N) is 1. The first-order valence-electron chi connectivity index (χ1n) is 10.7. The van der Waals surface area contributed by atoms with Crippen molar-refractivity contribution in [1.82, 2.24) is 14.9 Å². The second-order valence-electron chi connectivity index (χ2n) is 8.30. The molecule has 4 rings (SSSR count). The predicted molar refractivity (Wildman–Crippen MR) is 128 cm³/mol. The van der Waals surface area contributed by atoms with Gasteiger partial charge in [-0.2, -0.15) is 0 Å². The van der Waals surface area contributed by atoms with Gasteiger partial charge in [-0.3, -0.25) is 19.5 Å². The summed E-state index contributed by atoms with van der Waals surface area (Å²) in [4.78, 5) is 44.5. The lowest BCUT2D eigenvalue weighted by Gasteiger charge is -2.20. The van der Waals surface area contributed by atoms with E-state index in [-0.39, 0.29) is 11.5 Å². The number of hydrogen-bond donors (Lipinski definition) is 2. The van der Waals surface area contributed by atoms with Gasteiger partial charge >= 0.3 is 6.03 Å². The SMILES string of the molecule is CC(C)[C@@H](Sc1nc2sc3c(c2c(=O)n1Cc1ccccc1)CCCC3)C(=O)NC(N)=O. The van der Waals surface area contributed by atoms with E-state index in [0.29, 0.717) is 17.1 Å². The highest BCUT2D eigenvalue weighted by Crippen LogP contribution is 2.36. The fraction of sp³-hybridized carbons (Fsp3) is 0.391. The Kier molecular flexibility index (Phi) is 6.66. The molecular weight excluding hydrogens is 444 g/mol. The third kappa shape index (κ3) is 4.59. The first kappa shape index (κ1) is 22.5. The van der Waals surface area contributed by atoms with Gasteiger partial charge in [0.25, 0.3) is 5.56 Å². The van der Waals surface area contributed by atoms with E-state index >= 15 is 0 Å². The minimum atomic E-state index is -0.891. The van der Waals surface area contributed by atoms with Crippen molar-refractivity contribution in [3.05, 3.63) is 56.7 Å². The van der Waals surface area contributed by atoms with E-state index in [0.717, 1.165) is 41.6 Å². The molecule has 1 aliphatic rings. The number of thioether (sulfide) groups is 1. The van der Waals surface area contributed by atoms with Crippen molar-refractivity contribution in [1.29, 1.82) is 0 Å². The van der Waals surface area contributed by atoms with E-state index in [1.807, 2.05) is 44.2 Å². The van der Waals surface area contributed by atoms with Crippen LogP contribution in [0.3, 0.4) is 0 Å². The topological polar surface area (TPSA) is 107 Å². The smallest absolute Gasteiger partial charge is 0.318 e. The van der Waals surface area contributed by atoms with Crippen LogP contribution in [0.2, 0.25) is 0 Å². The molecule has 7 nitrogen and oxygen atoms in total. The summed E-state index contributed by atoms with van der Waals surface area (Å²) in [5, 5.41) is 2.74. The van der Waals surface area contributed by atoms with Gasteiger partial charge in [0.15, 0.2) is 5.16 Å². The molecule has 32 heavy (non-hydrogen) atoms. The summed E-state index contributed by atoms with van der Waals surface area (Å²) in [6.45, 7) is 4.14. The zero-order valence-electron chi connectivity index (χ0n) is 18.1. The number of thiophene rings is 1. The molecule has 1 aromatic carbocycles. The Morgan fingerprint density at radius 2 is 1.94 bits per heavy atom. The Hall–Kier alpha value is -2.65. The third-order valence-corrected chi connectivity index (χ3v) is 8.29. The van der Waals surface area contributed by atoms with Crippen LogP contribution in [0.4, 0.5) is 4.79 Å². The molecule has 168 valence electrons. The largest absolute Gasteiger partial charge is 0.351 e. The molecule has 0 unspecified atom stereocenters. The number of imide groups is 1. The summed E-state index contributed by atoms with van der Waals surface area (Å²) >= 11 is 2.79. The van der Waals surface area contributed by atoms with Crippen LogP contribution in [-0.2, 0) is 24.2 Å². The van der Waals surface area contributed by atoms with Gasteiger partial charge in [-0.25, -0.2) is 9.78 Å². The number of fused-ring (bicyclic) bond motifs is 3. The highest BCUT2D eigenvalue weighted by Gasteiger charge is 2.29. The number of rotatable bonds is 6. The molecule has 3 amide bonds. The predicted octanol–water partition coefficient (Wildman–Crippen LogP) is 3.70. The molecular formula is C23H26N4O3S2. The summed E-state index contributed by atoms with van der Waals surface area (Å²) in [6, 6.07) is 8.84. The van der Waals surface area contributed by atoms with E-state index in [1.165, 1.54) is 16.6 Å². The maximum Gasteiger partial charge on any atom is 0.318 e. The van der Waals surface area contributed by atoms with Crippen molar-refractivity contribution >= 4 is 45.3 Å². The number of primary amides is 1. The number of carbonyl (C=O) groups is 2. The lowest BCUT2D eigenvalue weighted by Crippen LogP contribution is -2.42. The number of hydrogen-bond acceptors (Lipinski definition) is 6. The normalized spacial score (nSPS) is 14.3. The highest BCUT2D eigenvalue weighted by molar-refractivity contribution is 8.00. The molecule has 0 saturated carbocycles. The standard InChI is InChI=1S/C23H26N4O3S2/c1-13(2)18(19(28)25-22(24)30)32-23-26-20-17(15-10-6-7-11-16(15)31-20)21(29)27(23)12-14-8-4-3-5-9-14/h3-5,8-9,13,18H,6-7,10-12H2,1-2H3,(H3,24,25,28,30)/t18-/m1/s1. The Bertz CT molecular complexity index is 1220. The van der Waals surface area contributed by atoms with Crippen molar-refractivity contribution < 1.29 is 9.59 Å². The zero-order chi connectivity index (χ0) is 22.8. The van der Waals surface area contributed by atoms with Gasteiger partial charge in [0.05, 0.1) is 17.2 Å². The van der Waals surface area contributed by atoms with Gasteiger partial charge in [0.2, 0.25) is 5.91 Å². The van der Waals surface area contributed by atoms with Crippen molar-refractivity contribution in [3.63, 3.8) is 0 Å². The molecule has 1 atom stereocenters. The van der Waals surface area contributed by atoms with Crippen LogP contribution in [0.15, 0.2) is 40.3 Å². The maximum atomic E-state index is 13.7. The number of aryl methyl sites for hydroxylation is 2. The monoisotopic (exact) mass is 470 g/mol. The molecule has 0 saturated heterocycles. The van der Waals surface area contributed by atoms with Gasteiger partial charge in [0, 0.05) is 4.88 Å². The molecule has 2 aromatic heterocycles. The van der Waals surface area contributed by atoms with Crippen molar-refractivity contribution in [2.24, 2.45) is 11.7 Å². The average Bonchev–Trinajstić information content (AvgIpc) is 3.12. The molecule has 3 aromatic rings. The third-order valence-electron chi connectivity index (χ3n) is 5.57. The van der Waals surface area contributed by atoms with Crippen LogP contribution >= 0.6 is 23.1 Å². The zero-order valence-corrected chi connectivity index (χ0v) is 19.7. The Balaban J connectivity index is 1.84. The van der Waals surface area contributed by atoms with E-state index in [2.05, 4.69) is 5.32 Å². The first-order valence-corrected chi connectivity index (χ1v) is 12.4. The van der Waals surface area contributed by atoms with E-state index in [4.69, 9.17) is 10.7 Å². The average molecular weight is 471 g/mol. The van der Waals surface area contributed by atoms with Gasteiger partial charge in [-0.1, -0.05) is 55.9 Å². The Labute approximate surface area is 194 Å². The maximum absolute atomic E-state index is 13.7. The number of amides is 3. The number of nitrogens with zero attached hydrogens (tertiary/aromatic N) is 2. The minimum Gasteiger partial charge on any atom is -0.351 e. The summed E-state index contributed by atoms with van der Waals surface area (Å²) in [7, 11) is 0. The Morgan fingerprint density at radius 3 is 2.62 bits per heavy atom. The van der Waals surface area contributed by atoms with Crippen LogP contribution in [0.5, 0.6) is 0 Å². The Morgan fingerprint density at radius 1 is 1.22 bits per heavy atom. The van der Waals surface area contributed by atoms with E-state index in [1.54, 1.807) is 15.9 Å². The molecule has 3 N–H and O–H groups in total. The summed E-state index contributed by atoms with van der Waals surface area (Å²) in [6.07, 6.45) is 4.09.